The van der Waals surface area contributed by atoms with Crippen LogP contribution in [0.2, 0.25) is 0 Å². The lowest BCUT2D eigenvalue weighted by Gasteiger charge is -2.21. The van der Waals surface area contributed by atoms with Crippen LogP contribution in [0.4, 0.5) is 0 Å². The van der Waals surface area contributed by atoms with E-state index in [0.29, 0.717) is 30.5 Å². The smallest absolute Gasteiger partial charge is 0.408 e. The molecule has 2 heterocycles. The normalized spacial score (nSPS) is 18.5. The third-order valence-electron chi connectivity index (χ3n) is 5.74. The van der Waals surface area contributed by atoms with Gasteiger partial charge < -0.3 is 29.6 Å². The Morgan fingerprint density at radius 1 is 1.22 bits per heavy atom. The van der Waals surface area contributed by atoms with Crippen molar-refractivity contribution in [3.8, 4) is 17.2 Å². The first-order valence-electron chi connectivity index (χ1n) is 11.9. The van der Waals surface area contributed by atoms with Crippen LogP contribution in [0, 0.1) is 10.1 Å². The summed E-state index contributed by atoms with van der Waals surface area (Å²) in [5.41, 5.74) is 2.08. The molecule has 1 N–H and O–H groups in total. The molecule has 3 aromatic rings. The predicted molar refractivity (Wildman–Crippen MR) is 137 cm³/mol. The number of allylic oxidation sites excluding steroid dienone is 1. The number of benzene rings is 2. The Labute approximate surface area is 214 Å². The van der Waals surface area contributed by atoms with Gasteiger partial charge in [0.05, 0.1) is 18.4 Å². The molecule has 4 rings (SSSR count). The van der Waals surface area contributed by atoms with Crippen LogP contribution in [0.1, 0.15) is 44.9 Å². The van der Waals surface area contributed by atoms with Gasteiger partial charge in [-0.3, -0.25) is 0 Å². The number of hydrogen-bond donors (Lipinski definition) is 1. The highest BCUT2D eigenvalue weighted by Crippen LogP contribution is 2.22. The third kappa shape index (κ3) is 6.63. The van der Waals surface area contributed by atoms with Crippen molar-refractivity contribution in [1.82, 2.24) is 20.3 Å². The van der Waals surface area contributed by atoms with Crippen LogP contribution in [-0.2, 0) is 11.3 Å². The molecule has 1 fully saturated rings. The molecule has 2 aromatic carbocycles. The van der Waals surface area contributed by atoms with E-state index < -0.39 is 10.5 Å². The summed E-state index contributed by atoms with van der Waals surface area (Å²) in [6.07, 6.45) is 3.13. The number of nitro groups is 1. The van der Waals surface area contributed by atoms with Gasteiger partial charge in [0.2, 0.25) is 0 Å². The van der Waals surface area contributed by atoms with Crippen molar-refractivity contribution in [2.45, 2.75) is 45.8 Å². The van der Waals surface area contributed by atoms with Crippen molar-refractivity contribution in [2.75, 3.05) is 13.2 Å². The van der Waals surface area contributed by atoms with Crippen LogP contribution in [0.25, 0.3) is 5.69 Å². The van der Waals surface area contributed by atoms with Gasteiger partial charge in [-0.1, -0.05) is 31.2 Å². The van der Waals surface area contributed by atoms with Gasteiger partial charge >= 0.3 is 11.8 Å². The Morgan fingerprint density at radius 3 is 2.54 bits per heavy atom. The fraction of sp³-hybridized carbons (Fsp3) is 0.346. The second-order valence-corrected chi connectivity index (χ2v) is 9.18. The van der Waals surface area contributed by atoms with E-state index in [2.05, 4.69) is 46.6 Å². The molecular weight excluding hydrogens is 476 g/mol. The fourth-order valence-corrected chi connectivity index (χ4v) is 3.55. The van der Waals surface area contributed by atoms with Crippen LogP contribution in [-0.4, -0.2) is 44.7 Å². The minimum atomic E-state index is -0.719. The summed E-state index contributed by atoms with van der Waals surface area (Å²) in [7, 11) is 0. The molecule has 0 aliphatic carbocycles. The molecule has 0 amide bonds. The lowest BCUT2D eigenvalue weighted by molar-refractivity contribution is -0.426. The van der Waals surface area contributed by atoms with Crippen LogP contribution >= 0.6 is 0 Å². The molecule has 1 atom stereocenters. The van der Waals surface area contributed by atoms with Crippen LogP contribution in [0.15, 0.2) is 71.6 Å². The van der Waals surface area contributed by atoms with Gasteiger partial charge in [-0.15, -0.1) is 5.10 Å². The van der Waals surface area contributed by atoms with Crippen LogP contribution < -0.4 is 14.8 Å². The number of aromatic nitrogens is 3. The number of rotatable bonds is 10. The summed E-state index contributed by atoms with van der Waals surface area (Å²) in [4.78, 5) is 14.3. The Kier molecular flexibility index (Phi) is 7.71. The third-order valence-corrected chi connectivity index (χ3v) is 5.74. The summed E-state index contributed by atoms with van der Waals surface area (Å²) >= 11 is 0. The molecule has 11 nitrogen and oxygen atoms in total. The van der Waals surface area contributed by atoms with Gasteiger partial charge in [-0.05, 0) is 66.7 Å². The van der Waals surface area contributed by atoms with Gasteiger partial charge in [0.25, 0.3) is 0 Å². The number of ether oxygens (including phenoxy) is 3. The number of hydrogen-bond acceptors (Lipinski definition) is 8. The quantitative estimate of drug-likeness (QED) is 0.320. The number of nitrogens with one attached hydrogen (secondary N) is 1. The van der Waals surface area contributed by atoms with E-state index in [1.54, 1.807) is 11.6 Å². The van der Waals surface area contributed by atoms with Gasteiger partial charge in [0.1, 0.15) is 30.4 Å². The average molecular weight is 507 g/mol. The molecule has 11 heteroatoms. The zero-order valence-electron chi connectivity index (χ0n) is 21.2. The standard InChI is InChI=1S/C26H30N6O5/c1-5-24(32(33)34)28-25-27-16-26(4,37-25)17-36-23-12-8-21(9-13-23)31-14-20(29-30-31)15-35-22-10-6-19(7-11-22)18(2)3/h5-14,18H,15-17H2,1-4H3,(H,27,28)/b24-5+/t26-/m1/s1. The zero-order valence-corrected chi connectivity index (χ0v) is 21.2. The maximum absolute atomic E-state index is 10.9. The SMILES string of the molecule is C/C=C(\N=C1/NC[C@](C)(COc2ccc(-n3cc(COc4ccc(C(C)C)cc4)nn3)cc2)O1)[N+](=O)[O-]. The first-order chi connectivity index (χ1) is 17.7. The van der Waals surface area contributed by atoms with E-state index in [9.17, 15) is 10.1 Å². The van der Waals surface area contributed by atoms with Crippen LogP contribution in [0.3, 0.4) is 0 Å². The van der Waals surface area contributed by atoms with E-state index in [1.807, 2.05) is 49.5 Å². The molecule has 1 aliphatic heterocycles. The lowest BCUT2D eigenvalue weighted by Crippen LogP contribution is -2.36. The number of nitrogens with zero attached hydrogens (tertiary/aromatic N) is 5. The van der Waals surface area contributed by atoms with Gasteiger partial charge in [0, 0.05) is 11.1 Å². The highest BCUT2D eigenvalue weighted by Gasteiger charge is 2.38. The molecule has 194 valence electrons. The van der Waals surface area contributed by atoms with Crippen molar-refractivity contribution in [3.63, 3.8) is 0 Å². The minimum absolute atomic E-state index is 0.102. The largest absolute Gasteiger partial charge is 0.489 e. The molecule has 0 spiro atoms. The second-order valence-electron chi connectivity index (χ2n) is 9.18. The van der Waals surface area contributed by atoms with Gasteiger partial charge in [0.15, 0.2) is 5.60 Å². The first kappa shape index (κ1) is 25.7. The first-order valence-corrected chi connectivity index (χ1v) is 11.9. The van der Waals surface area contributed by atoms with E-state index in [0.717, 1.165) is 11.4 Å². The lowest BCUT2D eigenvalue weighted by atomic mass is 10.0. The van der Waals surface area contributed by atoms with E-state index in [-0.39, 0.29) is 18.4 Å². The molecule has 0 radical (unpaired) electrons. The van der Waals surface area contributed by atoms with Crippen molar-refractivity contribution in [3.05, 3.63) is 88.0 Å². The number of amidine groups is 1. The molecule has 0 saturated carbocycles. The maximum atomic E-state index is 10.9. The molecule has 1 saturated heterocycles. The highest BCUT2D eigenvalue weighted by molar-refractivity contribution is 5.77. The van der Waals surface area contributed by atoms with E-state index >= 15 is 0 Å². The Bertz CT molecular complexity index is 1280. The summed E-state index contributed by atoms with van der Waals surface area (Å²) < 4.78 is 19.2. The summed E-state index contributed by atoms with van der Waals surface area (Å²) in [6, 6.07) is 15.6. The van der Waals surface area contributed by atoms with Gasteiger partial charge in [-0.2, -0.15) is 0 Å². The summed E-state index contributed by atoms with van der Waals surface area (Å²) in [5.74, 6) is 1.62. The van der Waals surface area contributed by atoms with Gasteiger partial charge in [-0.25, -0.2) is 4.68 Å². The average Bonchev–Trinajstić information content (AvgIpc) is 3.52. The Balaban J connectivity index is 1.29. The molecule has 0 bridgehead atoms. The maximum Gasteiger partial charge on any atom is 0.408 e. The Morgan fingerprint density at radius 2 is 1.89 bits per heavy atom. The molecule has 0 unspecified atom stereocenters. The van der Waals surface area contributed by atoms with E-state index in [4.69, 9.17) is 14.2 Å². The molecule has 1 aliphatic rings. The van der Waals surface area contributed by atoms with E-state index in [1.165, 1.54) is 11.6 Å². The topological polar surface area (TPSA) is 126 Å². The Hall–Kier alpha value is -4.41. The van der Waals surface area contributed by atoms with Crippen molar-refractivity contribution < 1.29 is 19.1 Å². The number of aliphatic imine (C=N–C) groups is 1. The fourth-order valence-electron chi connectivity index (χ4n) is 3.55. The predicted octanol–water partition coefficient (Wildman–Crippen LogP) is 4.22. The summed E-state index contributed by atoms with van der Waals surface area (Å²) in [5, 5.41) is 22.3. The minimum Gasteiger partial charge on any atom is -0.489 e. The second kappa shape index (κ2) is 11.1. The van der Waals surface area contributed by atoms with Crippen LogP contribution in [0.5, 0.6) is 11.5 Å². The summed E-state index contributed by atoms with van der Waals surface area (Å²) in [6.45, 7) is 8.65. The molecular formula is C26H30N6O5. The zero-order chi connectivity index (χ0) is 26.4. The molecule has 1 aromatic heterocycles. The van der Waals surface area contributed by atoms with Crippen molar-refractivity contribution in [1.29, 1.82) is 0 Å². The van der Waals surface area contributed by atoms with Crippen molar-refractivity contribution >= 4 is 6.02 Å². The highest BCUT2D eigenvalue weighted by atomic mass is 16.6. The van der Waals surface area contributed by atoms with Crippen molar-refractivity contribution in [2.24, 2.45) is 4.99 Å². The monoisotopic (exact) mass is 506 g/mol. The molecule has 37 heavy (non-hydrogen) atoms.